The highest BCUT2D eigenvalue weighted by atomic mass is 35.5. The lowest BCUT2D eigenvalue weighted by Gasteiger charge is -2.40. The fourth-order valence-electron chi connectivity index (χ4n) is 6.33. The van der Waals surface area contributed by atoms with Gasteiger partial charge in [0, 0.05) is 49.6 Å². The summed E-state index contributed by atoms with van der Waals surface area (Å²) in [6.07, 6.45) is 5.01. The Morgan fingerprint density at radius 2 is 1.77 bits per heavy atom. The number of piperazine rings is 1. The molecule has 4 heterocycles. The topological polar surface area (TPSA) is 110 Å². The number of halogens is 2. The number of hydrogen-bond acceptors (Lipinski definition) is 9. The standard InChI is InChI=1S/C35H38ClFN8O3/c1-5-27(46)43-14-15-44(20(2)19-43)32-24-18-25(36)30(23-8-6-7-9-26(23)37)38-33(24)45(35(47)41-32)31-28(21-10-11-21)39-34(48-17-16-42(3)4)40-29(31)22-12-13-22/h5-9,18,20-22H,1,10-17,19H2,2-4H3/t20-/m0/s1. The number of rotatable bonds is 10. The number of carbonyl (C=O) groups excluding carboxylic acids is 1. The van der Waals surface area contributed by atoms with Gasteiger partial charge in [0.05, 0.1) is 33.2 Å². The number of hydrogen-bond donors (Lipinski definition) is 0. The van der Waals surface area contributed by atoms with Crippen molar-refractivity contribution < 1.29 is 13.9 Å². The van der Waals surface area contributed by atoms with Crippen molar-refractivity contribution in [2.45, 2.75) is 50.5 Å². The van der Waals surface area contributed by atoms with Crippen LogP contribution in [-0.2, 0) is 4.79 Å². The van der Waals surface area contributed by atoms with E-state index in [0.29, 0.717) is 55.7 Å². The maximum absolute atomic E-state index is 15.2. The van der Waals surface area contributed by atoms with Crippen LogP contribution in [0.5, 0.6) is 6.01 Å². The highest BCUT2D eigenvalue weighted by Crippen LogP contribution is 2.48. The van der Waals surface area contributed by atoms with Gasteiger partial charge in [-0.1, -0.05) is 30.3 Å². The van der Waals surface area contributed by atoms with Gasteiger partial charge in [0.15, 0.2) is 5.65 Å². The third-order valence-corrected chi connectivity index (χ3v) is 9.44. The fourth-order valence-corrected chi connectivity index (χ4v) is 6.59. The number of benzene rings is 1. The Balaban J connectivity index is 1.46. The molecule has 0 spiro atoms. The first-order valence-corrected chi connectivity index (χ1v) is 16.8. The van der Waals surface area contributed by atoms with Gasteiger partial charge in [-0.25, -0.2) is 18.7 Å². The molecule has 1 aliphatic heterocycles. The molecule has 0 N–H and O–H groups in total. The Labute approximate surface area is 283 Å². The van der Waals surface area contributed by atoms with Crippen molar-refractivity contribution in [2.24, 2.45) is 0 Å². The molecular formula is C35H38ClFN8O3. The summed E-state index contributed by atoms with van der Waals surface area (Å²) in [4.78, 5) is 52.0. The first-order valence-electron chi connectivity index (χ1n) is 16.4. The van der Waals surface area contributed by atoms with E-state index < -0.39 is 11.5 Å². The average Bonchev–Trinajstić information content (AvgIpc) is 3.99. The van der Waals surface area contributed by atoms with Crippen LogP contribution in [0.3, 0.4) is 0 Å². The normalized spacial score (nSPS) is 18.1. The largest absolute Gasteiger partial charge is 0.462 e. The highest BCUT2D eigenvalue weighted by molar-refractivity contribution is 6.33. The van der Waals surface area contributed by atoms with Crippen LogP contribution in [-0.4, -0.2) is 93.1 Å². The van der Waals surface area contributed by atoms with Crippen LogP contribution in [0.25, 0.3) is 28.0 Å². The van der Waals surface area contributed by atoms with Crippen LogP contribution in [0.2, 0.25) is 5.02 Å². The molecule has 11 nitrogen and oxygen atoms in total. The molecular weight excluding hydrogens is 635 g/mol. The second-order valence-electron chi connectivity index (χ2n) is 13.1. The Kier molecular flexibility index (Phi) is 8.63. The van der Waals surface area contributed by atoms with E-state index in [1.165, 1.54) is 16.7 Å². The molecule has 0 bridgehead atoms. The van der Waals surface area contributed by atoms with Gasteiger partial charge in [0.1, 0.15) is 18.2 Å². The summed E-state index contributed by atoms with van der Waals surface area (Å²) in [5.41, 5.74) is 2.23. The SMILES string of the molecule is C=CC(=O)N1CCN(c2nc(=O)n(-c3c(C4CC4)nc(OCCN(C)C)nc3C3CC3)c3nc(-c4ccccc4F)c(Cl)cc23)[C@@H](C)C1. The zero-order valence-corrected chi connectivity index (χ0v) is 28.1. The summed E-state index contributed by atoms with van der Waals surface area (Å²) in [6.45, 7) is 8.01. The third kappa shape index (κ3) is 6.14. The van der Waals surface area contributed by atoms with Gasteiger partial charge in [-0.2, -0.15) is 15.0 Å². The Bertz CT molecular complexity index is 1940. The molecule has 3 aliphatic rings. The number of likely N-dealkylation sites (N-methyl/N-ethyl adjacent to an activating group) is 1. The fraction of sp³-hybridized carbons (Fsp3) is 0.429. The molecule has 48 heavy (non-hydrogen) atoms. The number of nitrogens with zero attached hydrogens (tertiary/aromatic N) is 8. The molecule has 3 fully saturated rings. The molecule has 1 amide bonds. The monoisotopic (exact) mass is 672 g/mol. The van der Waals surface area contributed by atoms with Crippen LogP contribution in [0.1, 0.15) is 55.8 Å². The molecule has 4 aromatic rings. The Morgan fingerprint density at radius 1 is 1.08 bits per heavy atom. The minimum absolute atomic E-state index is 0.132. The maximum atomic E-state index is 15.2. The molecule has 7 rings (SSSR count). The number of ether oxygens (including phenoxy) is 1. The first kappa shape index (κ1) is 32.1. The smallest absolute Gasteiger partial charge is 0.355 e. The van der Waals surface area contributed by atoms with Crippen LogP contribution >= 0.6 is 11.6 Å². The maximum Gasteiger partial charge on any atom is 0.355 e. The zero-order chi connectivity index (χ0) is 33.7. The molecule has 0 radical (unpaired) electrons. The third-order valence-electron chi connectivity index (χ3n) is 9.16. The van der Waals surface area contributed by atoms with E-state index in [2.05, 4.69) is 11.6 Å². The van der Waals surface area contributed by atoms with Gasteiger partial charge >= 0.3 is 11.7 Å². The molecule has 13 heteroatoms. The van der Waals surface area contributed by atoms with E-state index in [0.717, 1.165) is 37.1 Å². The van der Waals surface area contributed by atoms with Crippen molar-refractivity contribution in [3.8, 4) is 23.0 Å². The van der Waals surface area contributed by atoms with Crippen molar-refractivity contribution in [3.05, 3.63) is 75.7 Å². The summed E-state index contributed by atoms with van der Waals surface area (Å²) in [5.74, 6) is 0.0399. The van der Waals surface area contributed by atoms with Crippen LogP contribution < -0.4 is 15.3 Å². The number of carbonyl (C=O) groups is 1. The van der Waals surface area contributed by atoms with Crippen molar-refractivity contribution in [3.63, 3.8) is 0 Å². The molecule has 1 aromatic carbocycles. The number of aromatic nitrogens is 5. The van der Waals surface area contributed by atoms with Gasteiger partial charge in [-0.3, -0.25) is 4.79 Å². The molecule has 2 aliphatic carbocycles. The van der Waals surface area contributed by atoms with Crippen LogP contribution in [0.15, 0.2) is 47.8 Å². The van der Waals surface area contributed by atoms with E-state index in [-0.39, 0.29) is 45.7 Å². The van der Waals surface area contributed by atoms with Crippen LogP contribution in [0.4, 0.5) is 10.2 Å². The molecule has 1 saturated heterocycles. The number of anilines is 1. The second-order valence-corrected chi connectivity index (χ2v) is 13.5. The average molecular weight is 673 g/mol. The number of pyridine rings is 1. The van der Waals surface area contributed by atoms with Crippen molar-refractivity contribution in [1.29, 1.82) is 0 Å². The van der Waals surface area contributed by atoms with Gasteiger partial charge in [-0.15, -0.1) is 0 Å². The van der Waals surface area contributed by atoms with Crippen molar-refractivity contribution in [2.75, 3.05) is 51.8 Å². The van der Waals surface area contributed by atoms with Gasteiger partial charge in [0.2, 0.25) is 5.91 Å². The van der Waals surface area contributed by atoms with E-state index in [9.17, 15) is 9.59 Å². The first-order chi connectivity index (χ1) is 23.1. The van der Waals surface area contributed by atoms with E-state index in [4.69, 9.17) is 31.3 Å². The van der Waals surface area contributed by atoms with E-state index in [1.807, 2.05) is 30.8 Å². The number of fused-ring (bicyclic) bond motifs is 1. The molecule has 2 saturated carbocycles. The minimum Gasteiger partial charge on any atom is -0.462 e. The summed E-state index contributed by atoms with van der Waals surface area (Å²) in [7, 11) is 3.95. The predicted octanol–water partition coefficient (Wildman–Crippen LogP) is 4.95. The lowest BCUT2D eigenvalue weighted by Crippen LogP contribution is -2.54. The molecule has 250 valence electrons. The lowest BCUT2D eigenvalue weighted by atomic mass is 10.1. The van der Waals surface area contributed by atoms with E-state index in [1.54, 1.807) is 29.2 Å². The van der Waals surface area contributed by atoms with Crippen LogP contribution in [0, 0.1) is 5.82 Å². The molecule has 1 atom stereocenters. The van der Waals surface area contributed by atoms with Crippen molar-refractivity contribution in [1.82, 2.24) is 34.3 Å². The summed E-state index contributed by atoms with van der Waals surface area (Å²) in [5, 5.41) is 0.754. The van der Waals surface area contributed by atoms with Gasteiger partial charge in [-0.05, 0) is 71.0 Å². The van der Waals surface area contributed by atoms with Gasteiger partial charge < -0.3 is 19.4 Å². The van der Waals surface area contributed by atoms with Crippen molar-refractivity contribution >= 4 is 34.4 Å². The van der Waals surface area contributed by atoms with E-state index >= 15 is 4.39 Å². The summed E-state index contributed by atoms with van der Waals surface area (Å²) < 4.78 is 22.7. The summed E-state index contributed by atoms with van der Waals surface area (Å²) in [6, 6.07) is 8.13. The highest BCUT2D eigenvalue weighted by Gasteiger charge is 2.38. The quantitative estimate of drug-likeness (QED) is 0.216. The zero-order valence-electron chi connectivity index (χ0n) is 27.3. The second kappa shape index (κ2) is 12.9. The minimum atomic E-state index is -0.544. The van der Waals surface area contributed by atoms with Gasteiger partial charge in [0.25, 0.3) is 0 Å². The predicted molar refractivity (Wildman–Crippen MR) is 183 cm³/mol. The lowest BCUT2D eigenvalue weighted by molar-refractivity contribution is -0.126. The molecule has 3 aromatic heterocycles. The Hall–Kier alpha value is -4.42. The number of amides is 1. The summed E-state index contributed by atoms with van der Waals surface area (Å²) >= 11 is 6.88. The molecule has 0 unspecified atom stereocenters. The Morgan fingerprint density at radius 3 is 2.38 bits per heavy atom.